The summed E-state index contributed by atoms with van der Waals surface area (Å²) < 4.78 is 21.8. The molecule has 1 aromatic carbocycles. The maximum atomic E-state index is 11.8. The van der Waals surface area contributed by atoms with Crippen LogP contribution in [0.15, 0.2) is 18.2 Å². The van der Waals surface area contributed by atoms with Crippen LogP contribution in [-0.2, 0) is 9.84 Å². The summed E-state index contributed by atoms with van der Waals surface area (Å²) in [6.07, 6.45) is 1.58. The lowest BCUT2D eigenvalue weighted by atomic mass is 10.1. The van der Waals surface area contributed by atoms with Gasteiger partial charge in [-0.25, -0.2) is 8.42 Å². The van der Waals surface area contributed by atoms with Crippen LogP contribution < -0.4 is 0 Å². The first-order valence-electron chi connectivity index (χ1n) is 4.96. The van der Waals surface area contributed by atoms with Gasteiger partial charge in [0, 0.05) is 18.2 Å². The molecule has 0 bridgehead atoms. The van der Waals surface area contributed by atoms with Crippen molar-refractivity contribution < 1.29 is 13.2 Å². The normalized spacial score (nSPS) is 11.5. The summed E-state index contributed by atoms with van der Waals surface area (Å²) in [5.41, 5.74) is 0.340. The molecule has 0 saturated carbocycles. The Kier molecular flexibility index (Phi) is 4.98. The molecule has 0 unspecified atom stereocenters. The fourth-order valence-corrected chi connectivity index (χ4v) is 2.42. The van der Waals surface area contributed by atoms with Crippen molar-refractivity contribution >= 4 is 38.8 Å². The molecule has 0 aromatic heterocycles. The van der Waals surface area contributed by atoms with Gasteiger partial charge >= 0.3 is 0 Å². The Bertz CT molecular complexity index is 524. The van der Waals surface area contributed by atoms with Gasteiger partial charge in [0.15, 0.2) is 5.78 Å². The first-order valence-corrected chi connectivity index (χ1v) is 7.78. The molecular formula is C11H12Cl2O3S. The predicted octanol–water partition coefficient (Wildman–Crippen LogP) is 3.00. The summed E-state index contributed by atoms with van der Waals surface area (Å²) in [6, 6.07) is 4.81. The minimum absolute atomic E-state index is 0.00305. The van der Waals surface area contributed by atoms with Crippen LogP contribution in [0.3, 0.4) is 0 Å². The fourth-order valence-electron chi connectivity index (χ4n) is 1.35. The zero-order valence-corrected chi connectivity index (χ0v) is 11.6. The Balaban J connectivity index is 2.68. The maximum absolute atomic E-state index is 11.8. The molecule has 1 rings (SSSR count). The van der Waals surface area contributed by atoms with Gasteiger partial charge in [-0.3, -0.25) is 4.79 Å². The molecule has 0 aliphatic carbocycles. The highest BCUT2D eigenvalue weighted by Gasteiger charge is 2.13. The SMILES string of the molecule is CS(=O)(=O)CCCC(=O)c1cccc(Cl)c1Cl. The number of sulfone groups is 1. The van der Waals surface area contributed by atoms with Gasteiger partial charge in [0.05, 0.1) is 15.8 Å². The van der Waals surface area contributed by atoms with E-state index in [1.54, 1.807) is 18.2 Å². The summed E-state index contributed by atoms with van der Waals surface area (Å²) in [7, 11) is -3.03. The largest absolute Gasteiger partial charge is 0.294 e. The second kappa shape index (κ2) is 5.85. The average molecular weight is 295 g/mol. The molecule has 0 spiro atoms. The number of benzene rings is 1. The van der Waals surface area contributed by atoms with Crippen molar-refractivity contribution in [2.24, 2.45) is 0 Å². The van der Waals surface area contributed by atoms with Crippen LogP contribution in [0.1, 0.15) is 23.2 Å². The van der Waals surface area contributed by atoms with E-state index in [2.05, 4.69) is 0 Å². The van der Waals surface area contributed by atoms with Crippen LogP contribution in [0, 0.1) is 0 Å². The van der Waals surface area contributed by atoms with Crippen LogP contribution in [-0.4, -0.2) is 26.2 Å². The highest BCUT2D eigenvalue weighted by atomic mass is 35.5. The minimum Gasteiger partial charge on any atom is -0.294 e. The molecule has 0 atom stereocenters. The van der Waals surface area contributed by atoms with E-state index in [1.807, 2.05) is 0 Å². The Hall–Kier alpha value is -0.580. The Morgan fingerprint density at radius 2 is 1.94 bits per heavy atom. The quantitative estimate of drug-likeness (QED) is 0.785. The minimum atomic E-state index is -3.03. The molecule has 0 aliphatic heterocycles. The van der Waals surface area contributed by atoms with Crippen molar-refractivity contribution in [2.45, 2.75) is 12.8 Å². The van der Waals surface area contributed by atoms with E-state index in [9.17, 15) is 13.2 Å². The lowest BCUT2D eigenvalue weighted by Gasteiger charge is -2.04. The van der Waals surface area contributed by atoms with Crippen molar-refractivity contribution in [1.82, 2.24) is 0 Å². The Morgan fingerprint density at radius 3 is 2.53 bits per heavy atom. The van der Waals surface area contributed by atoms with E-state index in [-0.39, 0.29) is 23.0 Å². The zero-order valence-electron chi connectivity index (χ0n) is 9.24. The van der Waals surface area contributed by atoms with E-state index in [0.717, 1.165) is 6.26 Å². The van der Waals surface area contributed by atoms with Gasteiger partial charge in [-0.15, -0.1) is 0 Å². The molecule has 6 heteroatoms. The van der Waals surface area contributed by atoms with Crippen molar-refractivity contribution in [2.75, 3.05) is 12.0 Å². The van der Waals surface area contributed by atoms with Crippen molar-refractivity contribution in [1.29, 1.82) is 0 Å². The van der Waals surface area contributed by atoms with Crippen LogP contribution in [0.25, 0.3) is 0 Å². The molecule has 17 heavy (non-hydrogen) atoms. The second-order valence-electron chi connectivity index (χ2n) is 3.76. The number of halogens is 2. The van der Waals surface area contributed by atoms with Gasteiger partial charge in [-0.2, -0.15) is 0 Å². The number of ketones is 1. The third kappa shape index (κ3) is 4.66. The van der Waals surface area contributed by atoms with Gasteiger partial charge in [0.25, 0.3) is 0 Å². The topological polar surface area (TPSA) is 51.2 Å². The molecule has 0 N–H and O–H groups in total. The molecule has 1 aromatic rings. The number of carbonyl (C=O) groups excluding carboxylic acids is 1. The number of hydrogen-bond acceptors (Lipinski definition) is 3. The number of Topliss-reactive ketones (excluding diaryl/α,β-unsaturated/α-hetero) is 1. The molecule has 0 heterocycles. The molecule has 94 valence electrons. The van der Waals surface area contributed by atoms with Gasteiger partial charge in [-0.05, 0) is 18.6 Å². The van der Waals surface area contributed by atoms with E-state index in [4.69, 9.17) is 23.2 Å². The van der Waals surface area contributed by atoms with Crippen molar-refractivity contribution in [3.63, 3.8) is 0 Å². The van der Waals surface area contributed by atoms with Crippen LogP contribution in [0.4, 0.5) is 0 Å². The van der Waals surface area contributed by atoms with Gasteiger partial charge in [-0.1, -0.05) is 29.3 Å². The van der Waals surface area contributed by atoms with Gasteiger partial charge in [0.1, 0.15) is 9.84 Å². The van der Waals surface area contributed by atoms with E-state index < -0.39 is 9.84 Å². The maximum Gasteiger partial charge on any atom is 0.164 e. The summed E-state index contributed by atoms with van der Waals surface area (Å²) in [5.74, 6) is -0.196. The number of carbonyl (C=O) groups is 1. The highest BCUT2D eigenvalue weighted by molar-refractivity contribution is 7.90. The summed E-state index contributed by atoms with van der Waals surface area (Å²) in [4.78, 5) is 11.8. The standard InChI is InChI=1S/C11H12Cl2O3S/c1-17(15,16)7-3-6-10(14)8-4-2-5-9(12)11(8)13/h2,4-5H,3,6-7H2,1H3. The number of rotatable bonds is 5. The van der Waals surface area contributed by atoms with Crippen molar-refractivity contribution in [3.05, 3.63) is 33.8 Å². The average Bonchev–Trinajstić information content (AvgIpc) is 2.20. The lowest BCUT2D eigenvalue weighted by Crippen LogP contribution is -2.07. The third-order valence-electron chi connectivity index (χ3n) is 2.17. The summed E-state index contributed by atoms with van der Waals surface area (Å²) in [5, 5.41) is 0.541. The van der Waals surface area contributed by atoms with E-state index >= 15 is 0 Å². The lowest BCUT2D eigenvalue weighted by molar-refractivity contribution is 0.0982. The van der Waals surface area contributed by atoms with E-state index in [1.165, 1.54) is 0 Å². The third-order valence-corrected chi connectivity index (χ3v) is 4.02. The summed E-state index contributed by atoms with van der Waals surface area (Å²) in [6.45, 7) is 0. The smallest absolute Gasteiger partial charge is 0.164 e. The second-order valence-corrected chi connectivity index (χ2v) is 6.80. The van der Waals surface area contributed by atoms with Crippen LogP contribution >= 0.6 is 23.2 Å². The summed E-state index contributed by atoms with van der Waals surface area (Å²) >= 11 is 11.7. The number of hydrogen-bond donors (Lipinski definition) is 0. The molecule has 0 fully saturated rings. The fraction of sp³-hybridized carbons (Fsp3) is 0.364. The van der Waals surface area contributed by atoms with Gasteiger partial charge < -0.3 is 0 Å². The zero-order chi connectivity index (χ0) is 13.1. The molecule has 0 radical (unpaired) electrons. The molecule has 3 nitrogen and oxygen atoms in total. The first-order chi connectivity index (χ1) is 7.81. The molecule has 0 amide bonds. The highest BCUT2D eigenvalue weighted by Crippen LogP contribution is 2.26. The van der Waals surface area contributed by atoms with Crippen LogP contribution in [0.5, 0.6) is 0 Å². The molecular weight excluding hydrogens is 283 g/mol. The van der Waals surface area contributed by atoms with Crippen molar-refractivity contribution in [3.8, 4) is 0 Å². The Labute approximate surface area is 111 Å². The molecule has 0 aliphatic rings. The predicted molar refractivity (Wildman–Crippen MR) is 69.7 cm³/mol. The van der Waals surface area contributed by atoms with E-state index in [0.29, 0.717) is 17.0 Å². The Morgan fingerprint density at radius 1 is 1.29 bits per heavy atom. The first kappa shape index (κ1) is 14.5. The van der Waals surface area contributed by atoms with Gasteiger partial charge in [0.2, 0.25) is 0 Å². The van der Waals surface area contributed by atoms with Crippen LogP contribution in [0.2, 0.25) is 10.0 Å². The monoisotopic (exact) mass is 294 g/mol. The molecule has 0 saturated heterocycles.